The van der Waals surface area contributed by atoms with E-state index in [4.69, 9.17) is 9.15 Å². The Kier molecular flexibility index (Phi) is 5.61. The number of azo groups is 1. The lowest BCUT2D eigenvalue weighted by Crippen LogP contribution is -1.96. The predicted octanol–water partition coefficient (Wildman–Crippen LogP) is 6.97. The standard InChI is InChI=1S/C24H19BrN2O4/c1-13-21-20(28)12-19(15-4-10-18(30-3)11-5-15)23(24(29)22(21)14(2)31-13)27-26-17-8-6-16(25)7-9-17/h4-12,29H,1-3H3. The first-order chi connectivity index (χ1) is 14.9. The fraction of sp³-hybridized carbons (Fsp3) is 0.125. The largest absolute Gasteiger partial charge is 0.505 e. The van der Waals surface area contributed by atoms with Crippen LogP contribution < -0.4 is 10.2 Å². The minimum Gasteiger partial charge on any atom is -0.505 e. The molecule has 1 heterocycles. The predicted molar refractivity (Wildman–Crippen MR) is 124 cm³/mol. The molecule has 0 bridgehead atoms. The fourth-order valence-electron chi connectivity index (χ4n) is 3.49. The van der Waals surface area contributed by atoms with Gasteiger partial charge in [0.1, 0.15) is 23.0 Å². The molecule has 3 aromatic carbocycles. The minimum absolute atomic E-state index is 0.155. The summed E-state index contributed by atoms with van der Waals surface area (Å²) in [4.78, 5) is 13.1. The lowest BCUT2D eigenvalue weighted by molar-refractivity contribution is 0.415. The van der Waals surface area contributed by atoms with Crippen LogP contribution in [0.5, 0.6) is 11.5 Å². The highest BCUT2D eigenvalue weighted by Gasteiger charge is 2.20. The van der Waals surface area contributed by atoms with Crippen LogP contribution in [0.3, 0.4) is 0 Å². The van der Waals surface area contributed by atoms with Gasteiger partial charge >= 0.3 is 0 Å². The molecule has 0 saturated carbocycles. The van der Waals surface area contributed by atoms with Crippen LogP contribution in [0, 0.1) is 13.8 Å². The molecule has 7 heteroatoms. The van der Waals surface area contributed by atoms with Crippen LogP contribution in [0.2, 0.25) is 0 Å². The summed E-state index contributed by atoms with van der Waals surface area (Å²) in [7, 11) is 1.58. The number of halogens is 1. The minimum atomic E-state index is -0.268. The zero-order valence-corrected chi connectivity index (χ0v) is 18.7. The summed E-state index contributed by atoms with van der Waals surface area (Å²) < 4.78 is 11.8. The molecular weight excluding hydrogens is 460 g/mol. The van der Waals surface area contributed by atoms with Gasteiger partial charge in [0.2, 0.25) is 0 Å². The summed E-state index contributed by atoms with van der Waals surface area (Å²) in [6, 6.07) is 15.9. The van der Waals surface area contributed by atoms with E-state index in [1.165, 1.54) is 6.07 Å². The molecular formula is C24H19BrN2O4. The number of aromatic hydroxyl groups is 1. The average Bonchev–Trinajstić information content (AvgIpc) is 3.01. The molecule has 0 radical (unpaired) electrons. The van der Waals surface area contributed by atoms with Crippen molar-refractivity contribution in [3.63, 3.8) is 0 Å². The van der Waals surface area contributed by atoms with Gasteiger partial charge in [-0.3, -0.25) is 4.79 Å². The Morgan fingerprint density at radius 2 is 1.58 bits per heavy atom. The van der Waals surface area contributed by atoms with Crippen molar-refractivity contribution in [2.24, 2.45) is 10.2 Å². The van der Waals surface area contributed by atoms with Gasteiger partial charge in [-0.2, -0.15) is 5.11 Å². The number of fused-ring (bicyclic) bond motifs is 1. The van der Waals surface area contributed by atoms with Gasteiger partial charge in [0.05, 0.1) is 23.6 Å². The van der Waals surface area contributed by atoms with E-state index in [9.17, 15) is 9.90 Å². The summed E-state index contributed by atoms with van der Waals surface area (Å²) in [5.41, 5.74) is 1.68. The fourth-order valence-corrected chi connectivity index (χ4v) is 3.75. The first kappa shape index (κ1) is 20.8. The Hall–Kier alpha value is -3.45. The van der Waals surface area contributed by atoms with E-state index in [1.807, 2.05) is 12.1 Å². The molecule has 1 aromatic heterocycles. The van der Waals surface area contributed by atoms with E-state index >= 15 is 0 Å². The third-order valence-electron chi connectivity index (χ3n) is 4.99. The molecule has 0 atom stereocenters. The number of nitrogens with zero attached hydrogens (tertiary/aromatic N) is 2. The number of rotatable bonds is 4. The Morgan fingerprint density at radius 1 is 0.935 bits per heavy atom. The molecule has 156 valence electrons. The Bertz CT molecular complexity index is 1360. The first-order valence-corrected chi connectivity index (χ1v) is 10.3. The van der Waals surface area contributed by atoms with Crippen molar-refractivity contribution in [1.29, 1.82) is 0 Å². The van der Waals surface area contributed by atoms with E-state index < -0.39 is 0 Å². The van der Waals surface area contributed by atoms with Gasteiger partial charge < -0.3 is 14.3 Å². The summed E-state index contributed by atoms with van der Waals surface area (Å²) in [5, 5.41) is 20.5. The van der Waals surface area contributed by atoms with Gasteiger partial charge in [0, 0.05) is 10.0 Å². The number of ether oxygens (including phenoxy) is 1. The van der Waals surface area contributed by atoms with Crippen LogP contribution in [0.1, 0.15) is 11.5 Å². The number of benzene rings is 2. The maximum absolute atomic E-state index is 13.1. The lowest BCUT2D eigenvalue weighted by atomic mass is 10.1. The molecule has 0 fully saturated rings. The number of aryl methyl sites for hydroxylation is 2. The number of hydrogen-bond donors (Lipinski definition) is 1. The van der Waals surface area contributed by atoms with E-state index in [0.29, 0.717) is 44.9 Å². The van der Waals surface area contributed by atoms with E-state index in [2.05, 4.69) is 26.2 Å². The second kappa shape index (κ2) is 8.35. The summed E-state index contributed by atoms with van der Waals surface area (Å²) in [5.74, 6) is 1.41. The zero-order valence-electron chi connectivity index (χ0n) is 17.1. The second-order valence-electron chi connectivity index (χ2n) is 6.99. The van der Waals surface area contributed by atoms with Gasteiger partial charge in [-0.15, -0.1) is 5.11 Å². The highest BCUT2D eigenvalue weighted by molar-refractivity contribution is 9.10. The molecule has 0 saturated heterocycles. The quantitative estimate of drug-likeness (QED) is 0.321. The van der Waals surface area contributed by atoms with Crippen molar-refractivity contribution >= 4 is 38.1 Å². The monoisotopic (exact) mass is 478 g/mol. The maximum Gasteiger partial charge on any atom is 0.190 e. The van der Waals surface area contributed by atoms with Crippen molar-refractivity contribution in [1.82, 2.24) is 0 Å². The van der Waals surface area contributed by atoms with Crippen molar-refractivity contribution in [2.45, 2.75) is 13.8 Å². The first-order valence-electron chi connectivity index (χ1n) is 9.50. The molecule has 0 aliphatic carbocycles. The molecule has 0 spiro atoms. The SMILES string of the molecule is COc1ccc(-c2cc(=O)c3c(C)oc(C)c3c(O)c2N=Nc2ccc(Br)cc2)cc1. The third-order valence-corrected chi connectivity index (χ3v) is 5.52. The molecule has 1 N–H and O–H groups in total. The van der Waals surface area contributed by atoms with Crippen molar-refractivity contribution in [3.05, 3.63) is 80.8 Å². The Balaban J connectivity index is 2.03. The Labute approximate surface area is 187 Å². The molecule has 0 unspecified atom stereocenters. The van der Waals surface area contributed by atoms with Crippen LogP contribution in [-0.2, 0) is 0 Å². The smallest absolute Gasteiger partial charge is 0.190 e. The van der Waals surface area contributed by atoms with Crippen LogP contribution in [-0.4, -0.2) is 12.2 Å². The molecule has 0 aliphatic heterocycles. The highest BCUT2D eigenvalue weighted by atomic mass is 79.9. The summed E-state index contributed by atoms with van der Waals surface area (Å²) >= 11 is 3.39. The summed E-state index contributed by atoms with van der Waals surface area (Å²) in [6.07, 6.45) is 0. The topological polar surface area (TPSA) is 84.4 Å². The Morgan fingerprint density at radius 3 is 2.23 bits per heavy atom. The van der Waals surface area contributed by atoms with Crippen molar-refractivity contribution in [2.75, 3.05) is 7.11 Å². The van der Waals surface area contributed by atoms with Gasteiger partial charge in [-0.1, -0.05) is 28.1 Å². The molecule has 4 aromatic rings. The van der Waals surface area contributed by atoms with Crippen LogP contribution >= 0.6 is 15.9 Å². The van der Waals surface area contributed by atoms with E-state index in [-0.39, 0.29) is 16.9 Å². The van der Waals surface area contributed by atoms with Crippen LogP contribution in [0.25, 0.3) is 21.9 Å². The molecule has 0 aliphatic rings. The van der Waals surface area contributed by atoms with E-state index in [1.54, 1.807) is 57.4 Å². The lowest BCUT2D eigenvalue weighted by Gasteiger charge is -2.06. The number of furan rings is 1. The molecule has 4 rings (SSSR count). The molecule has 6 nitrogen and oxygen atoms in total. The normalized spacial score (nSPS) is 11.4. The van der Waals surface area contributed by atoms with Crippen molar-refractivity contribution < 1.29 is 14.3 Å². The molecule has 31 heavy (non-hydrogen) atoms. The van der Waals surface area contributed by atoms with Gasteiger partial charge in [-0.25, -0.2) is 0 Å². The van der Waals surface area contributed by atoms with E-state index in [0.717, 1.165) is 4.47 Å². The third kappa shape index (κ3) is 3.96. The zero-order chi connectivity index (χ0) is 22.1. The average molecular weight is 479 g/mol. The number of methoxy groups -OCH3 is 1. The maximum atomic E-state index is 13.1. The van der Waals surface area contributed by atoms with Crippen LogP contribution in [0.15, 0.2) is 78.5 Å². The molecule has 0 amide bonds. The summed E-state index contributed by atoms with van der Waals surface area (Å²) in [6.45, 7) is 3.41. The number of hydrogen-bond acceptors (Lipinski definition) is 6. The van der Waals surface area contributed by atoms with Crippen LogP contribution in [0.4, 0.5) is 11.4 Å². The van der Waals surface area contributed by atoms with Gasteiger partial charge in [0.25, 0.3) is 0 Å². The highest BCUT2D eigenvalue weighted by Crippen LogP contribution is 2.43. The van der Waals surface area contributed by atoms with Gasteiger partial charge in [-0.05, 0) is 61.9 Å². The van der Waals surface area contributed by atoms with Crippen molar-refractivity contribution in [3.8, 4) is 22.6 Å². The van der Waals surface area contributed by atoms with Gasteiger partial charge in [0.15, 0.2) is 11.2 Å². The second-order valence-corrected chi connectivity index (χ2v) is 7.90.